The molecule has 0 aliphatic heterocycles. The Morgan fingerprint density at radius 3 is 2.35 bits per heavy atom. The summed E-state index contributed by atoms with van der Waals surface area (Å²) in [6.07, 6.45) is -0.153. The van der Waals surface area contributed by atoms with Crippen LogP contribution < -0.4 is 5.32 Å². The molecule has 0 aliphatic rings. The molecule has 6 nitrogen and oxygen atoms in total. The molecule has 2 N–H and O–H groups in total. The molecular weight excluding hydrogens is 344 g/mol. The van der Waals surface area contributed by atoms with Crippen LogP contribution in [0.3, 0.4) is 0 Å². The number of aliphatic carboxylic acids is 1. The van der Waals surface area contributed by atoms with E-state index in [9.17, 15) is 23.5 Å². The summed E-state index contributed by atoms with van der Waals surface area (Å²) in [6, 6.07) is 8.03. The van der Waals surface area contributed by atoms with E-state index >= 15 is 0 Å². The highest BCUT2D eigenvalue weighted by Crippen LogP contribution is 2.24. The number of carbonyl (C=O) groups is 2. The lowest BCUT2D eigenvalue weighted by atomic mass is 9.94. The molecule has 0 fully saturated rings. The maximum absolute atomic E-state index is 12.9. The molecule has 0 saturated carbocycles. The number of carbonyl (C=O) groups excluding carboxylic acids is 1. The molecule has 1 aromatic carbocycles. The van der Waals surface area contributed by atoms with Gasteiger partial charge in [-0.3, -0.25) is 9.59 Å². The van der Waals surface area contributed by atoms with E-state index in [1.54, 1.807) is 37.3 Å². The van der Waals surface area contributed by atoms with Gasteiger partial charge in [-0.15, -0.1) is 0 Å². The van der Waals surface area contributed by atoms with Crippen molar-refractivity contribution in [3.8, 4) is 0 Å². The molecule has 2 rings (SSSR count). The molecule has 0 saturated heterocycles. The van der Waals surface area contributed by atoms with Crippen LogP contribution in [0.2, 0.25) is 0 Å². The van der Waals surface area contributed by atoms with Gasteiger partial charge in [0.15, 0.2) is 0 Å². The van der Waals surface area contributed by atoms with Crippen molar-refractivity contribution in [2.45, 2.75) is 39.8 Å². The first-order chi connectivity index (χ1) is 12.2. The van der Waals surface area contributed by atoms with Crippen molar-refractivity contribution in [3.05, 3.63) is 52.8 Å². The third kappa shape index (κ3) is 4.25. The van der Waals surface area contributed by atoms with Crippen molar-refractivity contribution in [1.29, 1.82) is 0 Å². The van der Waals surface area contributed by atoms with Crippen molar-refractivity contribution in [3.63, 3.8) is 0 Å². The molecule has 0 radical (unpaired) electrons. The summed E-state index contributed by atoms with van der Waals surface area (Å²) in [6.45, 7) is 1.76. The monoisotopic (exact) mass is 365 g/mol. The van der Waals surface area contributed by atoms with Gasteiger partial charge in [0.1, 0.15) is 0 Å². The zero-order valence-corrected chi connectivity index (χ0v) is 14.7. The second-order valence-corrected chi connectivity index (χ2v) is 6.13. The Bertz CT molecular complexity index is 790. The molecule has 26 heavy (non-hydrogen) atoms. The van der Waals surface area contributed by atoms with Crippen molar-refractivity contribution >= 4 is 11.9 Å². The van der Waals surface area contributed by atoms with E-state index in [0.29, 0.717) is 21.5 Å². The van der Waals surface area contributed by atoms with Gasteiger partial charge in [-0.1, -0.05) is 30.3 Å². The summed E-state index contributed by atoms with van der Waals surface area (Å²) in [5.41, 5.74) is 1.64. The smallest absolute Gasteiger partial charge is 0.333 e. The van der Waals surface area contributed by atoms with Gasteiger partial charge in [0.2, 0.25) is 5.91 Å². The Kier molecular flexibility index (Phi) is 6.07. The van der Waals surface area contributed by atoms with E-state index in [4.69, 9.17) is 0 Å². The number of halogens is 2. The minimum Gasteiger partial charge on any atom is -0.481 e. The van der Waals surface area contributed by atoms with Gasteiger partial charge >= 0.3 is 12.5 Å². The largest absolute Gasteiger partial charge is 0.481 e. The van der Waals surface area contributed by atoms with E-state index in [-0.39, 0.29) is 12.1 Å². The number of carboxylic acid groups (broad SMARTS) is 1. The van der Waals surface area contributed by atoms with Crippen molar-refractivity contribution < 1.29 is 23.5 Å². The van der Waals surface area contributed by atoms with Crippen LogP contribution in [-0.2, 0) is 16.0 Å². The van der Waals surface area contributed by atoms with E-state index in [1.807, 2.05) is 0 Å². The van der Waals surface area contributed by atoms with Crippen LogP contribution >= 0.6 is 0 Å². The van der Waals surface area contributed by atoms with Crippen LogP contribution in [0.25, 0.3) is 0 Å². The van der Waals surface area contributed by atoms with Crippen LogP contribution in [0.4, 0.5) is 8.78 Å². The molecule has 1 heterocycles. The van der Waals surface area contributed by atoms with E-state index < -0.39 is 30.4 Å². The van der Waals surface area contributed by atoms with E-state index in [2.05, 4.69) is 10.4 Å². The average Bonchev–Trinajstić information content (AvgIpc) is 2.88. The number of carboxylic acids is 1. The summed E-state index contributed by atoms with van der Waals surface area (Å²) in [5, 5.41) is 15.8. The zero-order chi connectivity index (χ0) is 19.4. The molecule has 2 atom stereocenters. The van der Waals surface area contributed by atoms with E-state index in [1.165, 1.54) is 13.8 Å². The number of aryl methyl sites for hydroxylation is 1. The molecule has 0 spiro atoms. The molecule has 8 heteroatoms. The molecular formula is C18H21F2N3O3. The molecule has 2 aromatic rings. The molecule has 140 valence electrons. The predicted molar refractivity (Wildman–Crippen MR) is 90.8 cm³/mol. The maximum atomic E-state index is 12.9. The normalized spacial score (nSPS) is 13.5. The number of aromatic nitrogens is 2. The van der Waals surface area contributed by atoms with Crippen molar-refractivity contribution in [1.82, 2.24) is 15.1 Å². The number of hydrogen-bond donors (Lipinski definition) is 2. The lowest BCUT2D eigenvalue weighted by Gasteiger charge is -2.23. The second kappa shape index (κ2) is 8.07. The quantitative estimate of drug-likeness (QED) is 0.790. The molecule has 0 aliphatic carbocycles. The Balaban J connectivity index is 2.22. The van der Waals surface area contributed by atoms with Crippen LogP contribution in [0.1, 0.15) is 42.0 Å². The van der Waals surface area contributed by atoms with Crippen molar-refractivity contribution in [2.24, 2.45) is 5.92 Å². The van der Waals surface area contributed by atoms with Gasteiger partial charge in [0.05, 0.1) is 24.1 Å². The second-order valence-electron chi connectivity index (χ2n) is 6.13. The third-order valence-corrected chi connectivity index (χ3v) is 4.36. The minimum atomic E-state index is -2.78. The van der Waals surface area contributed by atoms with Gasteiger partial charge in [-0.25, -0.2) is 4.68 Å². The van der Waals surface area contributed by atoms with Crippen molar-refractivity contribution in [2.75, 3.05) is 0 Å². The van der Waals surface area contributed by atoms with Gasteiger partial charge in [-0.2, -0.15) is 13.9 Å². The molecule has 0 bridgehead atoms. The number of amides is 1. The summed E-state index contributed by atoms with van der Waals surface area (Å²) in [7, 11) is 0. The van der Waals surface area contributed by atoms with E-state index in [0.717, 1.165) is 0 Å². The number of benzene rings is 1. The number of alkyl halides is 2. The first-order valence-electron chi connectivity index (χ1n) is 8.12. The number of nitrogens with zero attached hydrogens (tertiary/aromatic N) is 2. The summed E-state index contributed by atoms with van der Waals surface area (Å²) in [5.74, 6) is -2.35. The first-order valence-corrected chi connectivity index (χ1v) is 8.12. The fourth-order valence-electron chi connectivity index (χ4n) is 2.83. The van der Waals surface area contributed by atoms with Gasteiger partial charge in [-0.05, 0) is 26.3 Å². The molecule has 1 aromatic heterocycles. The standard InChI is InChI=1S/C18H21F2N3O3/c1-10(17(25)26)16(13-7-5-4-6-8-13)21-15(24)9-14-11(2)22-23(12(14)3)18(19)20/h4-8,10,16,18H,9H2,1-3H3,(H,21,24)(H,25,26)/t10-,16+/m0/s1. The summed E-state index contributed by atoms with van der Waals surface area (Å²) >= 11 is 0. The minimum absolute atomic E-state index is 0.153. The van der Waals surface area contributed by atoms with Gasteiger partial charge in [0, 0.05) is 11.3 Å². The van der Waals surface area contributed by atoms with Gasteiger partial charge < -0.3 is 10.4 Å². The van der Waals surface area contributed by atoms with Gasteiger partial charge in [0.25, 0.3) is 0 Å². The van der Waals surface area contributed by atoms with Crippen LogP contribution in [0.5, 0.6) is 0 Å². The highest BCUT2D eigenvalue weighted by atomic mass is 19.3. The highest BCUT2D eigenvalue weighted by molar-refractivity contribution is 5.81. The molecule has 1 amide bonds. The topological polar surface area (TPSA) is 84.2 Å². The first kappa shape index (κ1) is 19.6. The maximum Gasteiger partial charge on any atom is 0.333 e. The average molecular weight is 365 g/mol. The van der Waals surface area contributed by atoms with Crippen LogP contribution in [0, 0.1) is 19.8 Å². The Morgan fingerprint density at radius 1 is 1.23 bits per heavy atom. The summed E-state index contributed by atoms with van der Waals surface area (Å²) in [4.78, 5) is 23.9. The number of hydrogen-bond acceptors (Lipinski definition) is 3. The fraction of sp³-hybridized carbons (Fsp3) is 0.389. The number of nitrogens with one attached hydrogen (secondary N) is 1. The Morgan fingerprint density at radius 2 is 1.85 bits per heavy atom. The number of rotatable bonds is 7. The van der Waals surface area contributed by atoms with Crippen LogP contribution in [-0.4, -0.2) is 26.8 Å². The SMILES string of the molecule is Cc1nn(C(F)F)c(C)c1CC(=O)N[C@@H](c1ccccc1)[C@H](C)C(=O)O. The lowest BCUT2D eigenvalue weighted by Crippen LogP contribution is -2.36. The lowest BCUT2D eigenvalue weighted by molar-refractivity contribution is -0.142. The van der Waals surface area contributed by atoms with Crippen LogP contribution in [0.15, 0.2) is 30.3 Å². The fourth-order valence-corrected chi connectivity index (χ4v) is 2.83. The Labute approximate surface area is 149 Å². The summed E-state index contributed by atoms with van der Waals surface area (Å²) < 4.78 is 26.4. The molecule has 0 unspecified atom stereocenters. The Hall–Kier alpha value is -2.77. The predicted octanol–water partition coefficient (Wildman–Crippen LogP) is 3.02. The zero-order valence-electron chi connectivity index (χ0n) is 14.7. The third-order valence-electron chi connectivity index (χ3n) is 4.36. The highest BCUT2D eigenvalue weighted by Gasteiger charge is 2.27.